The van der Waals surface area contributed by atoms with Crippen LogP contribution in [0.5, 0.6) is 0 Å². The molecule has 0 radical (unpaired) electrons. The minimum Gasteiger partial charge on any atom is -0.348 e. The summed E-state index contributed by atoms with van der Waals surface area (Å²) in [5.74, 6) is 0.424. The van der Waals surface area contributed by atoms with Crippen LogP contribution in [0.1, 0.15) is 32.6 Å². The Hall–Kier alpha value is -2.16. The highest BCUT2D eigenvalue weighted by atomic mass is 32.2. The molecule has 1 heterocycles. The number of nitro groups is 1. The molecule has 8 nitrogen and oxygen atoms in total. The molecule has 1 aromatic rings. The summed E-state index contributed by atoms with van der Waals surface area (Å²) in [5.41, 5.74) is -0.560. The normalized spacial score (nSPS) is 26.1. The van der Waals surface area contributed by atoms with Gasteiger partial charge in [-0.25, -0.2) is 17.7 Å². The van der Waals surface area contributed by atoms with Crippen LogP contribution >= 0.6 is 0 Å². The van der Waals surface area contributed by atoms with Crippen LogP contribution in [0.2, 0.25) is 0 Å². The van der Waals surface area contributed by atoms with E-state index in [-0.39, 0.29) is 16.6 Å². The summed E-state index contributed by atoms with van der Waals surface area (Å²) in [6, 6.07) is 4.79. The fourth-order valence-corrected chi connectivity index (χ4v) is 5.43. The van der Waals surface area contributed by atoms with E-state index in [2.05, 4.69) is 0 Å². The molecule has 3 rings (SSSR count). The Morgan fingerprint density at radius 3 is 2.48 bits per heavy atom. The topological polar surface area (TPSA) is 96.1 Å². The number of non-ortho nitro benzene ring substituents is 1. The van der Waals surface area contributed by atoms with Crippen molar-refractivity contribution in [3.63, 3.8) is 0 Å². The van der Waals surface area contributed by atoms with Crippen molar-refractivity contribution in [1.82, 2.24) is 9.21 Å². The maximum atomic E-state index is 13.3. The maximum Gasteiger partial charge on any atom is 0.269 e. The molecule has 0 amide bonds. The predicted octanol–water partition coefficient (Wildman–Crippen LogP) is 2.22. The molecule has 2 atom stereocenters. The number of hydrogen-bond acceptors (Lipinski definition) is 6. The van der Waals surface area contributed by atoms with Crippen molar-refractivity contribution in [2.45, 2.75) is 49.1 Å². The van der Waals surface area contributed by atoms with E-state index in [1.165, 1.54) is 28.6 Å². The largest absolute Gasteiger partial charge is 0.348 e. The van der Waals surface area contributed by atoms with Crippen LogP contribution in [0, 0.1) is 10.1 Å². The molecule has 1 aliphatic carbocycles. The first-order valence-electron chi connectivity index (χ1n) is 8.23. The third-order valence-corrected chi connectivity index (χ3v) is 6.77. The highest BCUT2D eigenvalue weighted by molar-refractivity contribution is 7.89. The Kier molecular flexibility index (Phi) is 4.22. The number of hydrogen-bond donors (Lipinski definition) is 0. The van der Waals surface area contributed by atoms with Crippen molar-refractivity contribution in [3.8, 4) is 0 Å². The zero-order valence-electron chi connectivity index (χ0n) is 14.5. The molecule has 0 N–H and O–H groups in total. The number of fused-ring (bicyclic) bond motifs is 1. The number of nitro benzene ring substituents is 1. The van der Waals surface area contributed by atoms with Gasteiger partial charge in [0.1, 0.15) is 0 Å². The number of rotatable bonds is 3. The van der Waals surface area contributed by atoms with Crippen LogP contribution in [0.4, 0.5) is 5.69 Å². The summed E-state index contributed by atoms with van der Waals surface area (Å²) in [7, 11) is -0.294. The van der Waals surface area contributed by atoms with Gasteiger partial charge in [-0.3, -0.25) is 10.1 Å². The average Bonchev–Trinajstić information content (AvgIpc) is 2.89. The molecule has 1 fully saturated rings. The van der Waals surface area contributed by atoms with Gasteiger partial charge >= 0.3 is 0 Å². The Morgan fingerprint density at radius 1 is 1.28 bits per heavy atom. The Labute approximate surface area is 147 Å². The van der Waals surface area contributed by atoms with Crippen molar-refractivity contribution in [2.75, 3.05) is 14.1 Å². The van der Waals surface area contributed by atoms with Crippen LogP contribution in [0.15, 0.2) is 34.2 Å². The van der Waals surface area contributed by atoms with Crippen molar-refractivity contribution < 1.29 is 13.3 Å². The highest BCUT2D eigenvalue weighted by Gasteiger charge is 2.51. The lowest BCUT2D eigenvalue weighted by Gasteiger charge is -2.38. The monoisotopic (exact) mass is 366 g/mol. The molecule has 0 bridgehead atoms. The van der Waals surface area contributed by atoms with Gasteiger partial charge in [-0.1, -0.05) is 12.8 Å². The minimum atomic E-state index is -3.85. The molecule has 136 valence electrons. The molecule has 0 aromatic heterocycles. The molecule has 1 saturated carbocycles. The molecule has 0 saturated heterocycles. The van der Waals surface area contributed by atoms with E-state index in [4.69, 9.17) is 4.99 Å². The first-order valence-corrected chi connectivity index (χ1v) is 9.67. The number of sulfonamides is 1. The standard InChI is InChI=1S/C16H22N4O4S/c1-16-11-5-4-6-14(16)19(15(17-16)18(2)3)25(23,24)13-9-7-12(8-10-13)20(21)22/h7-10,14H,4-6,11H2,1-3H3/t14-,16+/m1/s1. The lowest BCUT2D eigenvalue weighted by Crippen LogP contribution is -2.51. The van der Waals surface area contributed by atoms with Crippen molar-refractivity contribution in [3.05, 3.63) is 34.4 Å². The van der Waals surface area contributed by atoms with E-state index in [1.807, 2.05) is 6.92 Å². The molecular formula is C16H22N4O4S. The summed E-state index contributed by atoms with van der Waals surface area (Å²) in [6.45, 7) is 2.01. The van der Waals surface area contributed by atoms with Crippen LogP contribution in [-0.4, -0.2) is 54.2 Å². The van der Waals surface area contributed by atoms with Gasteiger partial charge in [-0.2, -0.15) is 0 Å². The number of guanidine groups is 1. The first-order chi connectivity index (χ1) is 11.7. The van der Waals surface area contributed by atoms with Crippen LogP contribution in [0.3, 0.4) is 0 Å². The molecular weight excluding hydrogens is 344 g/mol. The summed E-state index contributed by atoms with van der Waals surface area (Å²) in [4.78, 5) is 16.8. The lowest BCUT2D eigenvalue weighted by molar-refractivity contribution is -0.384. The fourth-order valence-electron chi connectivity index (χ4n) is 3.64. The van der Waals surface area contributed by atoms with E-state index < -0.39 is 20.5 Å². The third kappa shape index (κ3) is 2.86. The van der Waals surface area contributed by atoms with Gasteiger partial charge in [0.25, 0.3) is 15.7 Å². The molecule has 25 heavy (non-hydrogen) atoms. The minimum absolute atomic E-state index is 0.0440. The van der Waals surface area contributed by atoms with Gasteiger partial charge in [0.15, 0.2) is 0 Å². The molecule has 0 unspecified atom stereocenters. The Bertz CT molecular complexity index is 819. The molecule has 9 heteroatoms. The highest BCUT2D eigenvalue weighted by Crippen LogP contribution is 2.42. The summed E-state index contributed by atoms with van der Waals surface area (Å²) >= 11 is 0. The van der Waals surface area contributed by atoms with Gasteiger partial charge in [0.05, 0.1) is 21.4 Å². The van der Waals surface area contributed by atoms with E-state index in [1.54, 1.807) is 19.0 Å². The number of aliphatic imine (C=N–C) groups is 1. The zero-order chi connectivity index (χ0) is 18.4. The van der Waals surface area contributed by atoms with Crippen LogP contribution in [-0.2, 0) is 10.0 Å². The fraction of sp³-hybridized carbons (Fsp3) is 0.562. The van der Waals surface area contributed by atoms with E-state index in [9.17, 15) is 18.5 Å². The predicted molar refractivity (Wildman–Crippen MR) is 93.9 cm³/mol. The summed E-state index contributed by atoms with van der Waals surface area (Å²) in [6.07, 6.45) is 3.59. The van der Waals surface area contributed by atoms with Crippen molar-refractivity contribution in [1.29, 1.82) is 0 Å². The molecule has 2 aliphatic rings. The summed E-state index contributed by atoms with van der Waals surface area (Å²) in [5, 5.41) is 10.8. The van der Waals surface area contributed by atoms with Gasteiger partial charge < -0.3 is 4.90 Å². The molecule has 1 aromatic carbocycles. The van der Waals surface area contributed by atoms with Gasteiger partial charge in [-0.15, -0.1) is 0 Å². The quantitative estimate of drug-likeness (QED) is 0.604. The summed E-state index contributed by atoms with van der Waals surface area (Å²) < 4.78 is 28.0. The van der Waals surface area contributed by atoms with Gasteiger partial charge in [0, 0.05) is 26.2 Å². The van der Waals surface area contributed by atoms with Crippen molar-refractivity contribution in [2.24, 2.45) is 4.99 Å². The first kappa shape index (κ1) is 17.7. The van der Waals surface area contributed by atoms with Crippen LogP contribution in [0.25, 0.3) is 0 Å². The smallest absolute Gasteiger partial charge is 0.269 e. The second-order valence-corrected chi connectivity index (χ2v) is 8.79. The van der Waals surface area contributed by atoms with E-state index in [0.29, 0.717) is 5.96 Å². The van der Waals surface area contributed by atoms with Gasteiger partial charge in [0.2, 0.25) is 5.96 Å². The number of benzene rings is 1. The SMILES string of the molecule is CN(C)C1=N[C@@]2(C)CCCC[C@H]2N1S(=O)(=O)c1ccc([N+](=O)[O-])cc1. The Morgan fingerprint density at radius 2 is 1.92 bits per heavy atom. The second kappa shape index (κ2) is 5.98. The van der Waals surface area contributed by atoms with Gasteiger partial charge in [-0.05, 0) is 31.9 Å². The maximum absolute atomic E-state index is 13.3. The third-order valence-electron chi connectivity index (χ3n) is 4.97. The number of nitrogens with zero attached hydrogens (tertiary/aromatic N) is 4. The Balaban J connectivity index is 2.05. The average molecular weight is 366 g/mol. The van der Waals surface area contributed by atoms with Crippen molar-refractivity contribution >= 4 is 21.7 Å². The molecule has 0 spiro atoms. The second-order valence-electron chi connectivity index (χ2n) is 6.98. The lowest BCUT2D eigenvalue weighted by atomic mass is 9.80. The molecule has 1 aliphatic heterocycles. The van der Waals surface area contributed by atoms with E-state index >= 15 is 0 Å². The van der Waals surface area contributed by atoms with Crippen LogP contribution < -0.4 is 0 Å². The van der Waals surface area contributed by atoms with E-state index in [0.717, 1.165) is 25.7 Å². The zero-order valence-corrected chi connectivity index (χ0v) is 15.4.